The first-order valence-corrected chi connectivity index (χ1v) is 8.38. The Hall–Kier alpha value is -0.210. The van der Waals surface area contributed by atoms with Gasteiger partial charge >= 0.3 is 0 Å². The minimum absolute atomic E-state index is 0.162. The third-order valence-electron chi connectivity index (χ3n) is 2.46. The Balaban J connectivity index is 2.97. The third-order valence-corrected chi connectivity index (χ3v) is 6.50. The van der Waals surface area contributed by atoms with Gasteiger partial charge in [0.25, 0.3) is 10.0 Å². The van der Waals surface area contributed by atoms with Gasteiger partial charge in [0.15, 0.2) is 0 Å². The lowest BCUT2D eigenvalue weighted by molar-refractivity contribution is 0.406. The summed E-state index contributed by atoms with van der Waals surface area (Å²) in [6.07, 6.45) is 0. The number of thiophene rings is 1. The molecule has 18 heavy (non-hydrogen) atoms. The Morgan fingerprint density at radius 3 is 2.61 bits per heavy atom. The molecule has 2 N–H and O–H groups in total. The fourth-order valence-corrected chi connectivity index (χ4v) is 4.61. The van der Waals surface area contributed by atoms with Crippen molar-refractivity contribution in [1.29, 1.82) is 0 Å². The van der Waals surface area contributed by atoms with Gasteiger partial charge in [-0.15, -0.1) is 11.3 Å². The van der Waals surface area contributed by atoms with Crippen LogP contribution in [0.25, 0.3) is 0 Å². The lowest BCUT2D eigenvalue weighted by atomic mass is 10.2. The zero-order valence-corrected chi connectivity index (χ0v) is 13.3. The average molecular weight is 327 g/mol. The van der Waals surface area contributed by atoms with Gasteiger partial charge in [0.05, 0.1) is 9.32 Å². The van der Waals surface area contributed by atoms with Crippen LogP contribution in [0.1, 0.15) is 13.8 Å². The Bertz CT molecular complexity index is 527. The van der Waals surface area contributed by atoms with E-state index in [1.165, 1.54) is 10.4 Å². The molecule has 1 heterocycles. The van der Waals surface area contributed by atoms with E-state index in [4.69, 9.17) is 29.6 Å². The number of hydrogen-bond donors (Lipinski definition) is 1. The van der Waals surface area contributed by atoms with Crippen LogP contribution in [0.4, 0.5) is 0 Å². The first-order chi connectivity index (χ1) is 8.28. The smallest absolute Gasteiger partial charge is 0.252 e. The van der Waals surface area contributed by atoms with E-state index in [1.54, 1.807) is 13.0 Å². The summed E-state index contributed by atoms with van der Waals surface area (Å²) in [6, 6.07) is 3.08. The van der Waals surface area contributed by atoms with E-state index in [1.807, 2.05) is 6.92 Å². The highest BCUT2D eigenvalue weighted by molar-refractivity contribution is 7.91. The summed E-state index contributed by atoms with van der Waals surface area (Å²) in [5.41, 5.74) is 5.52. The highest BCUT2D eigenvalue weighted by atomic mass is 35.5. The molecule has 1 rings (SSSR count). The molecule has 4 nitrogen and oxygen atoms in total. The van der Waals surface area contributed by atoms with Crippen molar-refractivity contribution >= 4 is 50.2 Å². The maximum Gasteiger partial charge on any atom is 0.252 e. The summed E-state index contributed by atoms with van der Waals surface area (Å²) < 4.78 is 26.7. The van der Waals surface area contributed by atoms with Gasteiger partial charge < -0.3 is 5.73 Å². The SMILES string of the molecule is CCN(CC(C)C(N)=S)S(=O)(=O)c1ccc(Cl)s1. The van der Waals surface area contributed by atoms with Crippen LogP contribution in [0.15, 0.2) is 16.3 Å². The Kier molecular flexibility index (Phi) is 5.54. The Morgan fingerprint density at radius 2 is 2.22 bits per heavy atom. The molecule has 0 saturated heterocycles. The van der Waals surface area contributed by atoms with Crippen LogP contribution < -0.4 is 5.73 Å². The number of halogens is 1. The molecular weight excluding hydrogens is 312 g/mol. The number of nitrogens with two attached hydrogens (primary N) is 1. The second-order valence-electron chi connectivity index (χ2n) is 3.82. The monoisotopic (exact) mass is 326 g/mol. The highest BCUT2D eigenvalue weighted by Crippen LogP contribution is 2.28. The van der Waals surface area contributed by atoms with E-state index in [9.17, 15) is 8.42 Å². The molecule has 0 amide bonds. The first kappa shape index (κ1) is 15.8. The molecule has 8 heteroatoms. The molecule has 1 aromatic rings. The molecule has 1 atom stereocenters. The number of nitrogens with zero attached hydrogens (tertiary/aromatic N) is 1. The molecule has 0 fully saturated rings. The van der Waals surface area contributed by atoms with Gasteiger partial charge in [0, 0.05) is 19.0 Å². The molecular formula is C10H15ClN2O2S3. The van der Waals surface area contributed by atoms with Crippen LogP contribution in [-0.2, 0) is 10.0 Å². The van der Waals surface area contributed by atoms with Crippen LogP contribution in [0.3, 0.4) is 0 Å². The number of rotatable bonds is 6. The lowest BCUT2D eigenvalue weighted by Gasteiger charge is -2.22. The predicted octanol–water partition coefficient (Wildman–Crippen LogP) is 2.33. The van der Waals surface area contributed by atoms with Gasteiger partial charge in [0.1, 0.15) is 4.21 Å². The first-order valence-electron chi connectivity index (χ1n) is 5.33. The van der Waals surface area contributed by atoms with Crippen molar-refractivity contribution in [3.05, 3.63) is 16.5 Å². The molecule has 0 bridgehead atoms. The second-order valence-corrected chi connectivity index (χ2v) is 8.17. The second kappa shape index (κ2) is 6.29. The van der Waals surface area contributed by atoms with Crippen molar-refractivity contribution in [1.82, 2.24) is 4.31 Å². The van der Waals surface area contributed by atoms with E-state index in [-0.39, 0.29) is 16.7 Å². The summed E-state index contributed by atoms with van der Waals surface area (Å²) in [4.78, 5) is 0.313. The third kappa shape index (κ3) is 3.64. The molecule has 0 saturated carbocycles. The molecule has 0 spiro atoms. The summed E-state index contributed by atoms with van der Waals surface area (Å²) in [7, 11) is -3.51. The summed E-state index contributed by atoms with van der Waals surface area (Å²) in [6.45, 7) is 4.23. The van der Waals surface area contributed by atoms with E-state index >= 15 is 0 Å². The molecule has 1 unspecified atom stereocenters. The van der Waals surface area contributed by atoms with Gasteiger partial charge in [-0.2, -0.15) is 4.31 Å². The molecule has 0 aliphatic rings. The zero-order valence-electron chi connectivity index (χ0n) is 10.1. The Morgan fingerprint density at radius 1 is 1.61 bits per heavy atom. The van der Waals surface area contributed by atoms with E-state index in [0.717, 1.165) is 11.3 Å². The fraction of sp³-hybridized carbons (Fsp3) is 0.500. The van der Waals surface area contributed by atoms with Crippen molar-refractivity contribution < 1.29 is 8.42 Å². The summed E-state index contributed by atoms with van der Waals surface area (Å²) in [5.74, 6) is -0.162. The summed E-state index contributed by atoms with van der Waals surface area (Å²) >= 11 is 11.7. The fourth-order valence-electron chi connectivity index (χ4n) is 1.36. The molecule has 1 aromatic heterocycles. The number of thiocarbonyl (C=S) groups is 1. The van der Waals surface area contributed by atoms with Crippen molar-refractivity contribution in [2.45, 2.75) is 18.1 Å². The number of sulfonamides is 1. The van der Waals surface area contributed by atoms with Gasteiger partial charge in [-0.3, -0.25) is 0 Å². The van der Waals surface area contributed by atoms with Gasteiger partial charge in [-0.25, -0.2) is 8.42 Å². The lowest BCUT2D eigenvalue weighted by Crippen LogP contribution is -2.37. The quantitative estimate of drug-likeness (QED) is 0.815. The predicted molar refractivity (Wildman–Crippen MR) is 79.7 cm³/mol. The maximum atomic E-state index is 12.3. The topological polar surface area (TPSA) is 63.4 Å². The number of hydrogen-bond acceptors (Lipinski definition) is 4. The molecule has 102 valence electrons. The van der Waals surface area contributed by atoms with Gasteiger partial charge in [0.2, 0.25) is 0 Å². The zero-order chi connectivity index (χ0) is 13.9. The van der Waals surface area contributed by atoms with Crippen molar-refractivity contribution in [3.63, 3.8) is 0 Å². The molecule has 0 aliphatic carbocycles. The Labute approximate surface area is 122 Å². The van der Waals surface area contributed by atoms with Gasteiger partial charge in [-0.1, -0.05) is 37.7 Å². The van der Waals surface area contributed by atoms with Crippen LogP contribution >= 0.6 is 35.2 Å². The van der Waals surface area contributed by atoms with Crippen LogP contribution in [0, 0.1) is 5.92 Å². The minimum Gasteiger partial charge on any atom is -0.393 e. The largest absolute Gasteiger partial charge is 0.393 e. The van der Waals surface area contributed by atoms with E-state index < -0.39 is 10.0 Å². The maximum absolute atomic E-state index is 12.3. The van der Waals surface area contributed by atoms with Crippen LogP contribution in [0.2, 0.25) is 4.34 Å². The summed E-state index contributed by atoms with van der Waals surface area (Å²) in [5, 5.41) is 0. The van der Waals surface area contributed by atoms with Crippen molar-refractivity contribution in [2.75, 3.05) is 13.1 Å². The van der Waals surface area contributed by atoms with Gasteiger partial charge in [-0.05, 0) is 12.1 Å². The van der Waals surface area contributed by atoms with Crippen molar-refractivity contribution in [2.24, 2.45) is 11.7 Å². The van der Waals surface area contributed by atoms with E-state index in [2.05, 4.69) is 0 Å². The van der Waals surface area contributed by atoms with Crippen LogP contribution in [0.5, 0.6) is 0 Å². The highest BCUT2D eigenvalue weighted by Gasteiger charge is 2.26. The molecule has 0 aromatic carbocycles. The molecule has 0 radical (unpaired) electrons. The van der Waals surface area contributed by atoms with Crippen LogP contribution in [-0.4, -0.2) is 30.8 Å². The average Bonchev–Trinajstić information content (AvgIpc) is 2.72. The normalized spacial score (nSPS) is 13.8. The minimum atomic E-state index is -3.51. The van der Waals surface area contributed by atoms with Crippen molar-refractivity contribution in [3.8, 4) is 0 Å². The standard InChI is InChI=1S/C10H15ClN2O2S3/c1-3-13(6-7(2)10(12)16)18(14,15)9-5-4-8(11)17-9/h4-5,7H,3,6H2,1-2H3,(H2,12,16). The molecule has 0 aliphatic heterocycles. The van der Waals surface area contributed by atoms with E-state index in [0.29, 0.717) is 15.9 Å².